The average Bonchev–Trinajstić information content (AvgIpc) is 1.93. The summed E-state index contributed by atoms with van der Waals surface area (Å²) in [5, 5.41) is 18.8. The molecule has 0 aliphatic heterocycles. The first-order valence-electron chi connectivity index (χ1n) is 3.77. The van der Waals surface area contributed by atoms with E-state index in [-0.39, 0.29) is 9.15 Å². The predicted octanol–water partition coefficient (Wildman–Crippen LogP) is 1.23. The molecule has 4 unspecified atom stereocenters. The Balaban J connectivity index is 2.17. The van der Waals surface area contributed by atoms with Crippen molar-refractivity contribution in [2.75, 3.05) is 0 Å². The Hall–Kier alpha value is 0.880. The van der Waals surface area contributed by atoms with Crippen molar-refractivity contribution in [2.24, 2.45) is 11.8 Å². The number of fused-ring (bicyclic) bond motifs is 2. The van der Waals surface area contributed by atoms with E-state index in [1.54, 1.807) is 0 Å². The monoisotopic (exact) mass is 284 g/mol. The Morgan fingerprint density at radius 1 is 1.18 bits per heavy atom. The van der Waals surface area contributed by atoms with Gasteiger partial charge >= 0.3 is 0 Å². The minimum atomic E-state index is -0.557. The summed E-state index contributed by atoms with van der Waals surface area (Å²) in [6.45, 7) is 0. The van der Waals surface area contributed by atoms with Gasteiger partial charge in [-0.15, -0.1) is 0 Å². The maximum absolute atomic E-state index is 9.51. The molecule has 0 radical (unpaired) electrons. The van der Waals surface area contributed by atoms with Gasteiger partial charge in [-0.1, -0.05) is 31.9 Å². The molecule has 0 saturated heterocycles. The number of hydrogen-bond acceptors (Lipinski definition) is 2. The van der Waals surface area contributed by atoms with Gasteiger partial charge in [-0.25, -0.2) is 0 Å². The fraction of sp³-hybridized carbons (Fsp3) is 1.00. The van der Waals surface area contributed by atoms with Crippen molar-refractivity contribution < 1.29 is 10.2 Å². The molecule has 4 heteroatoms. The first kappa shape index (κ1) is 8.48. The molecule has 2 bridgehead atoms. The maximum atomic E-state index is 9.51. The van der Waals surface area contributed by atoms with Gasteiger partial charge in [0.15, 0.2) is 0 Å². The van der Waals surface area contributed by atoms with Gasteiger partial charge in [0, 0.05) is 5.92 Å². The van der Waals surface area contributed by atoms with Crippen LogP contribution in [0, 0.1) is 11.8 Å². The van der Waals surface area contributed by atoms with E-state index < -0.39 is 12.2 Å². The van der Waals surface area contributed by atoms with E-state index >= 15 is 0 Å². The van der Waals surface area contributed by atoms with Gasteiger partial charge in [0.25, 0.3) is 0 Å². The topological polar surface area (TPSA) is 40.5 Å². The number of halogens is 2. The number of rotatable bonds is 0. The molecule has 0 aromatic rings. The predicted molar refractivity (Wildman–Crippen MR) is 48.8 cm³/mol. The Morgan fingerprint density at radius 3 is 2.18 bits per heavy atom. The lowest BCUT2D eigenvalue weighted by Gasteiger charge is -2.56. The molecule has 0 heterocycles. The van der Waals surface area contributed by atoms with Crippen molar-refractivity contribution in [3.05, 3.63) is 0 Å². The average molecular weight is 286 g/mol. The summed E-state index contributed by atoms with van der Waals surface area (Å²) in [5.74, 6) is 0.655. The number of alkyl halides is 2. The lowest BCUT2D eigenvalue weighted by Crippen LogP contribution is -2.61. The van der Waals surface area contributed by atoms with Crippen molar-refractivity contribution in [1.82, 2.24) is 0 Å². The molecule has 11 heavy (non-hydrogen) atoms. The standard InChI is InChI=1S/C7H10Br2O2/c8-7(9)3-1-4(7)6(11)5(10)2-3/h3-6,10-11H,1-2H2. The SMILES string of the molecule is OC1CC2CC(C1O)C2(Br)Br. The third-order valence-corrected chi connectivity index (χ3v) is 5.38. The lowest BCUT2D eigenvalue weighted by molar-refractivity contribution is -0.114. The molecule has 0 amide bonds. The number of aliphatic hydroxyl groups is 2. The molecule has 0 spiro atoms. The second kappa shape index (κ2) is 2.44. The Kier molecular flexibility index (Phi) is 1.88. The minimum absolute atomic E-state index is 0.0986. The fourth-order valence-corrected chi connectivity index (χ4v) is 3.75. The highest BCUT2D eigenvalue weighted by molar-refractivity contribution is 9.25. The second-order valence-electron chi connectivity index (χ2n) is 3.51. The van der Waals surface area contributed by atoms with Crippen LogP contribution in [-0.2, 0) is 0 Å². The van der Waals surface area contributed by atoms with E-state index in [4.69, 9.17) is 0 Å². The van der Waals surface area contributed by atoms with E-state index in [0.717, 1.165) is 6.42 Å². The second-order valence-corrected chi connectivity index (χ2v) is 7.20. The summed E-state index contributed by atoms with van der Waals surface area (Å²) < 4.78 is -0.0986. The number of hydrogen-bond donors (Lipinski definition) is 2. The molecule has 2 nitrogen and oxygen atoms in total. The van der Waals surface area contributed by atoms with Crippen LogP contribution in [0.1, 0.15) is 12.8 Å². The molecule has 3 fully saturated rings. The van der Waals surface area contributed by atoms with E-state index in [2.05, 4.69) is 31.9 Å². The lowest BCUT2D eigenvalue weighted by atomic mass is 9.62. The van der Waals surface area contributed by atoms with Crippen LogP contribution in [-0.4, -0.2) is 25.7 Å². The molecular formula is C7H10Br2O2. The van der Waals surface area contributed by atoms with Gasteiger partial charge in [-0.05, 0) is 18.8 Å². The third-order valence-electron chi connectivity index (χ3n) is 2.91. The molecule has 0 aromatic heterocycles. The quantitative estimate of drug-likeness (QED) is 0.658. The molecule has 3 saturated carbocycles. The van der Waals surface area contributed by atoms with Gasteiger partial charge in [0.05, 0.1) is 15.4 Å². The summed E-state index contributed by atoms with van der Waals surface area (Å²) in [6.07, 6.45) is 0.656. The van der Waals surface area contributed by atoms with E-state index in [9.17, 15) is 10.2 Å². The zero-order chi connectivity index (χ0) is 8.22. The minimum Gasteiger partial charge on any atom is -0.390 e. The van der Waals surface area contributed by atoms with Crippen molar-refractivity contribution in [1.29, 1.82) is 0 Å². The van der Waals surface area contributed by atoms with E-state index in [1.165, 1.54) is 0 Å². The van der Waals surface area contributed by atoms with Crippen LogP contribution >= 0.6 is 31.9 Å². The maximum Gasteiger partial charge on any atom is 0.0888 e. The molecule has 2 N–H and O–H groups in total. The van der Waals surface area contributed by atoms with Gasteiger partial charge in [-0.2, -0.15) is 0 Å². The van der Waals surface area contributed by atoms with Crippen molar-refractivity contribution >= 4 is 31.9 Å². The summed E-state index contributed by atoms with van der Waals surface area (Å²) in [6, 6.07) is 0. The highest BCUT2D eigenvalue weighted by atomic mass is 79.9. The van der Waals surface area contributed by atoms with E-state index in [0.29, 0.717) is 12.3 Å². The van der Waals surface area contributed by atoms with E-state index in [1.807, 2.05) is 0 Å². The Bertz CT molecular complexity index is 183. The summed E-state index contributed by atoms with van der Waals surface area (Å²) >= 11 is 7.04. The summed E-state index contributed by atoms with van der Waals surface area (Å²) in [7, 11) is 0. The van der Waals surface area contributed by atoms with Crippen LogP contribution in [0.15, 0.2) is 0 Å². The van der Waals surface area contributed by atoms with Crippen molar-refractivity contribution in [3.8, 4) is 0 Å². The van der Waals surface area contributed by atoms with Crippen LogP contribution in [0.4, 0.5) is 0 Å². The molecule has 3 rings (SSSR count). The van der Waals surface area contributed by atoms with Crippen LogP contribution < -0.4 is 0 Å². The molecule has 3 aliphatic carbocycles. The molecule has 64 valence electrons. The van der Waals surface area contributed by atoms with Crippen LogP contribution in [0.25, 0.3) is 0 Å². The molecule has 3 aliphatic rings. The molecule has 0 aromatic carbocycles. The zero-order valence-electron chi connectivity index (χ0n) is 5.87. The largest absolute Gasteiger partial charge is 0.390 e. The first-order chi connectivity index (χ1) is 5.03. The normalized spacial score (nSPS) is 53.5. The van der Waals surface area contributed by atoms with Gasteiger partial charge < -0.3 is 10.2 Å². The van der Waals surface area contributed by atoms with Crippen molar-refractivity contribution in [3.63, 3.8) is 0 Å². The summed E-state index contributed by atoms with van der Waals surface area (Å²) in [5.41, 5.74) is 0. The van der Waals surface area contributed by atoms with Crippen LogP contribution in [0.3, 0.4) is 0 Å². The first-order valence-corrected chi connectivity index (χ1v) is 5.36. The highest BCUT2D eigenvalue weighted by Crippen LogP contribution is 2.61. The van der Waals surface area contributed by atoms with Gasteiger partial charge in [0.2, 0.25) is 0 Å². The third kappa shape index (κ3) is 1.03. The van der Waals surface area contributed by atoms with Crippen molar-refractivity contribution in [2.45, 2.75) is 28.3 Å². The Labute approximate surface area is 82.2 Å². The van der Waals surface area contributed by atoms with Gasteiger partial charge in [-0.3, -0.25) is 0 Å². The summed E-state index contributed by atoms with van der Waals surface area (Å²) in [4.78, 5) is 0. The fourth-order valence-electron chi connectivity index (χ4n) is 2.08. The van der Waals surface area contributed by atoms with Crippen LogP contribution in [0.2, 0.25) is 0 Å². The Morgan fingerprint density at radius 2 is 1.82 bits per heavy atom. The smallest absolute Gasteiger partial charge is 0.0888 e. The highest BCUT2D eigenvalue weighted by Gasteiger charge is 2.60. The molecular weight excluding hydrogens is 276 g/mol. The van der Waals surface area contributed by atoms with Crippen LogP contribution in [0.5, 0.6) is 0 Å². The zero-order valence-corrected chi connectivity index (χ0v) is 9.05. The van der Waals surface area contributed by atoms with Gasteiger partial charge in [0.1, 0.15) is 0 Å². The molecule has 4 atom stereocenters. The number of aliphatic hydroxyl groups excluding tert-OH is 2.